The number of amides is 1. The van der Waals surface area contributed by atoms with Gasteiger partial charge >= 0.3 is 0 Å². The van der Waals surface area contributed by atoms with E-state index in [1.165, 1.54) is 13.1 Å². The Labute approximate surface area is 247 Å². The zero-order valence-electron chi connectivity index (χ0n) is 23.3. The number of ether oxygens (including phenoxy) is 2. The van der Waals surface area contributed by atoms with Gasteiger partial charge in [0, 0.05) is 59.4 Å². The smallest absolute Gasteiger partial charge is 0.251 e. The Morgan fingerprint density at radius 3 is 2.67 bits per heavy atom. The van der Waals surface area contributed by atoms with Gasteiger partial charge in [0.2, 0.25) is 0 Å². The van der Waals surface area contributed by atoms with Crippen LogP contribution in [-0.2, 0) is 5.60 Å². The van der Waals surface area contributed by atoms with Gasteiger partial charge in [-0.3, -0.25) is 4.79 Å². The molecular weight excluding hydrogens is 562 g/mol. The van der Waals surface area contributed by atoms with E-state index in [4.69, 9.17) is 21.1 Å². The molecule has 1 amide bonds. The van der Waals surface area contributed by atoms with E-state index >= 15 is 8.78 Å². The summed E-state index contributed by atoms with van der Waals surface area (Å²) in [5, 5.41) is 16.4. The highest BCUT2D eigenvalue weighted by Gasteiger charge is 2.61. The molecule has 3 N–H and O–H groups in total. The average Bonchev–Trinajstić information content (AvgIpc) is 3.57. The van der Waals surface area contributed by atoms with E-state index in [2.05, 4.69) is 10.6 Å². The molecule has 2 aliphatic heterocycles. The van der Waals surface area contributed by atoms with E-state index in [-0.39, 0.29) is 57.2 Å². The predicted molar refractivity (Wildman–Crippen MR) is 153 cm³/mol. The number of nitrogens with one attached hydrogen (secondary N) is 2. The molecule has 0 saturated heterocycles. The van der Waals surface area contributed by atoms with E-state index in [0.29, 0.717) is 30.5 Å². The van der Waals surface area contributed by atoms with Crippen molar-refractivity contribution in [2.45, 2.75) is 74.2 Å². The van der Waals surface area contributed by atoms with Gasteiger partial charge in [0.25, 0.3) is 5.91 Å². The lowest BCUT2D eigenvalue weighted by molar-refractivity contribution is 0.00653. The summed E-state index contributed by atoms with van der Waals surface area (Å²) in [6.07, 6.45) is 3.74. The number of aliphatic hydroxyl groups is 1. The molecule has 42 heavy (non-hydrogen) atoms. The van der Waals surface area contributed by atoms with Gasteiger partial charge in [0.1, 0.15) is 17.7 Å². The number of carbonyl (C=O) groups is 1. The van der Waals surface area contributed by atoms with E-state index in [9.17, 15) is 9.90 Å². The second-order valence-electron chi connectivity index (χ2n) is 12.7. The molecule has 0 spiro atoms. The lowest BCUT2D eigenvalue weighted by Crippen LogP contribution is -2.54. The summed E-state index contributed by atoms with van der Waals surface area (Å²) in [6.45, 7) is 2.31. The maximum Gasteiger partial charge on any atom is 0.251 e. The number of hydrogen-bond donors (Lipinski definition) is 3. The molecule has 4 atom stereocenters. The first-order valence-corrected chi connectivity index (χ1v) is 15.0. The number of carbonyl (C=O) groups excluding carboxylic acids is 1. The molecule has 3 aromatic rings. The second-order valence-corrected chi connectivity index (χ2v) is 13.1. The van der Waals surface area contributed by atoms with Crippen molar-refractivity contribution < 1.29 is 28.2 Å². The molecule has 2 fully saturated rings. The van der Waals surface area contributed by atoms with Crippen LogP contribution in [0.25, 0.3) is 11.1 Å². The molecule has 2 unspecified atom stereocenters. The fraction of sp³-hybridized carbons (Fsp3) is 0.424. The predicted octanol–water partition coefficient (Wildman–Crippen LogP) is 5.91. The van der Waals surface area contributed by atoms with Gasteiger partial charge in [0.05, 0.1) is 22.1 Å². The molecule has 2 saturated carbocycles. The highest BCUT2D eigenvalue weighted by Crippen LogP contribution is 2.66. The van der Waals surface area contributed by atoms with Crippen LogP contribution in [0.15, 0.2) is 36.4 Å². The van der Waals surface area contributed by atoms with Crippen LogP contribution in [0.4, 0.5) is 8.78 Å². The minimum Gasteiger partial charge on any atom is -0.486 e. The van der Waals surface area contributed by atoms with Crippen LogP contribution < -0.4 is 20.1 Å². The van der Waals surface area contributed by atoms with Crippen molar-refractivity contribution in [1.29, 1.82) is 0 Å². The van der Waals surface area contributed by atoms with Crippen LogP contribution in [0.2, 0.25) is 5.02 Å². The summed E-state index contributed by atoms with van der Waals surface area (Å²) >= 11 is 6.72. The van der Waals surface area contributed by atoms with Crippen molar-refractivity contribution in [2.75, 3.05) is 13.6 Å². The summed E-state index contributed by atoms with van der Waals surface area (Å²) in [5.41, 5.74) is 1.85. The molecular formula is C33H31ClF2N2O4. The number of hydrogen-bond acceptors (Lipinski definition) is 5. The Balaban J connectivity index is 1.28. The van der Waals surface area contributed by atoms with Gasteiger partial charge in [-0.15, -0.1) is 0 Å². The summed E-state index contributed by atoms with van der Waals surface area (Å²) in [4.78, 5) is 13.2. The fourth-order valence-corrected chi connectivity index (χ4v) is 8.00. The molecule has 9 heteroatoms. The minimum atomic E-state index is -0.858. The molecule has 0 bridgehead atoms. The van der Waals surface area contributed by atoms with Crippen molar-refractivity contribution in [1.82, 2.24) is 10.6 Å². The number of fused-ring (bicyclic) bond motifs is 9. The maximum atomic E-state index is 16.5. The van der Waals surface area contributed by atoms with Crippen molar-refractivity contribution in [3.63, 3.8) is 0 Å². The minimum absolute atomic E-state index is 0.0599. The zero-order valence-corrected chi connectivity index (χ0v) is 24.1. The van der Waals surface area contributed by atoms with Crippen molar-refractivity contribution in [2.24, 2.45) is 0 Å². The molecule has 8 rings (SSSR count). The van der Waals surface area contributed by atoms with Crippen LogP contribution in [0.1, 0.15) is 83.5 Å². The lowest BCUT2D eigenvalue weighted by atomic mass is 9.61. The first kappa shape index (κ1) is 26.4. The van der Waals surface area contributed by atoms with Crippen molar-refractivity contribution in [3.8, 4) is 22.6 Å². The van der Waals surface area contributed by atoms with Gasteiger partial charge < -0.3 is 25.2 Å². The normalized spacial score (nSPS) is 31.0. The van der Waals surface area contributed by atoms with E-state index in [0.717, 1.165) is 30.4 Å². The Kier molecular flexibility index (Phi) is 5.61. The summed E-state index contributed by atoms with van der Waals surface area (Å²) in [6, 6.07) is 11.0. The molecule has 3 aromatic carbocycles. The van der Waals surface area contributed by atoms with Crippen LogP contribution in [0, 0.1) is 11.6 Å². The van der Waals surface area contributed by atoms with Crippen LogP contribution in [0.5, 0.6) is 11.5 Å². The first-order chi connectivity index (χ1) is 20.1. The zero-order chi connectivity index (χ0) is 29.1. The third kappa shape index (κ3) is 3.58. The lowest BCUT2D eigenvalue weighted by Gasteiger charge is -2.47. The van der Waals surface area contributed by atoms with E-state index < -0.39 is 28.7 Å². The van der Waals surface area contributed by atoms with Crippen molar-refractivity contribution in [3.05, 3.63) is 80.9 Å². The van der Waals surface area contributed by atoms with Crippen LogP contribution >= 0.6 is 11.6 Å². The fourth-order valence-electron chi connectivity index (χ4n) is 7.75. The molecule has 3 aliphatic carbocycles. The van der Waals surface area contributed by atoms with Crippen molar-refractivity contribution >= 4 is 17.5 Å². The summed E-state index contributed by atoms with van der Waals surface area (Å²) < 4.78 is 44.7. The SMILES string of the molecule is CNC(=O)c1cc2c(c(F)c1-c1c(Cl)c(F)cc3c1[C@@H]1c4ccccc4[C@@]1(CN[C@H]1CC[C@](C)(O)CC1)O3)OC1CC21. The topological polar surface area (TPSA) is 79.8 Å². The summed E-state index contributed by atoms with van der Waals surface area (Å²) in [7, 11) is 1.48. The Hall–Kier alpha value is -3.20. The highest BCUT2D eigenvalue weighted by molar-refractivity contribution is 6.34. The van der Waals surface area contributed by atoms with Gasteiger partial charge in [-0.25, -0.2) is 8.78 Å². The largest absolute Gasteiger partial charge is 0.486 e. The average molecular weight is 593 g/mol. The standard InChI is InChI=1S/C33H31ClF2N2O4/c1-32(40)9-7-15(8-10-32)38-14-33-20-6-4-3-5-16(20)27(33)25-23(42-33)13-21(35)28(34)26(25)24-19(31(39)37-2)11-18-17-12-22(17)41-30(18)29(24)36/h3-6,11,13,15,17,22,27,38,40H,7-10,12,14H2,1-2H3,(H,37,39)/t15-,17?,22?,27-,32-,33+/m0/s1. The summed E-state index contributed by atoms with van der Waals surface area (Å²) in [5.74, 6) is -1.85. The number of rotatable bonds is 5. The van der Waals surface area contributed by atoms with Gasteiger partial charge in [0.15, 0.2) is 17.2 Å². The monoisotopic (exact) mass is 592 g/mol. The Bertz CT molecular complexity index is 1680. The Morgan fingerprint density at radius 2 is 1.90 bits per heavy atom. The number of halogens is 3. The first-order valence-electron chi connectivity index (χ1n) is 14.6. The van der Waals surface area contributed by atoms with Crippen LogP contribution in [-0.4, -0.2) is 42.4 Å². The molecule has 218 valence electrons. The molecule has 6 nitrogen and oxygen atoms in total. The second kappa shape index (κ2) is 8.91. The third-order valence-electron chi connectivity index (χ3n) is 10.1. The molecule has 5 aliphatic rings. The molecule has 2 heterocycles. The number of benzene rings is 3. The van der Waals surface area contributed by atoms with E-state index in [1.54, 1.807) is 6.07 Å². The maximum absolute atomic E-state index is 16.5. The van der Waals surface area contributed by atoms with Gasteiger partial charge in [-0.2, -0.15) is 0 Å². The highest BCUT2D eigenvalue weighted by atomic mass is 35.5. The van der Waals surface area contributed by atoms with Gasteiger partial charge in [-0.1, -0.05) is 35.9 Å². The van der Waals surface area contributed by atoms with Crippen LogP contribution in [0.3, 0.4) is 0 Å². The van der Waals surface area contributed by atoms with Gasteiger partial charge in [-0.05, 0) is 50.7 Å². The van der Waals surface area contributed by atoms with E-state index in [1.807, 2.05) is 31.2 Å². The molecule has 0 radical (unpaired) electrons. The third-order valence-corrected chi connectivity index (χ3v) is 10.5. The molecule has 0 aromatic heterocycles. The Morgan fingerprint density at radius 1 is 1.14 bits per heavy atom. The quantitative estimate of drug-likeness (QED) is 0.343.